The molecular weight excluding hydrogens is 473 g/mol. The first kappa shape index (κ1) is 33.8. The molecule has 0 amide bonds. The van der Waals surface area contributed by atoms with Gasteiger partial charge in [-0.2, -0.15) is 0 Å². The van der Waals surface area contributed by atoms with Crippen LogP contribution in [-0.4, -0.2) is 43.5 Å². The first-order valence-corrected chi connectivity index (χ1v) is 16.9. The fourth-order valence-corrected chi connectivity index (χ4v) is 6.04. The molecule has 1 aliphatic heterocycles. The number of hydrogen-bond acceptors (Lipinski definition) is 4. The zero-order chi connectivity index (χ0) is 26.3. The second kappa shape index (κ2) is 22.7. The molecule has 0 saturated carbocycles. The zero-order valence-electron chi connectivity index (χ0n) is 23.8. The van der Waals surface area contributed by atoms with Crippen molar-refractivity contribution in [3.63, 3.8) is 0 Å². The van der Waals surface area contributed by atoms with E-state index in [4.69, 9.17) is 9.05 Å². The van der Waals surface area contributed by atoms with E-state index in [0.717, 1.165) is 45.3 Å². The minimum atomic E-state index is -4.06. The number of likely N-dealkylation sites (tertiary alicyclic amines) is 1. The SMILES string of the molecule is CCCCCCCCCCCCCCCCC(COP(=O)(O)OCC[NH+]1CCCC1)CC(=O)CCC. The third-order valence-corrected chi connectivity index (χ3v) is 8.49. The molecule has 6 nitrogen and oxygen atoms in total. The molecule has 0 spiro atoms. The lowest BCUT2D eigenvalue weighted by molar-refractivity contribution is -0.887. The highest BCUT2D eigenvalue weighted by atomic mass is 31.2. The molecule has 0 aromatic rings. The molecule has 36 heavy (non-hydrogen) atoms. The van der Waals surface area contributed by atoms with Crippen LogP contribution < -0.4 is 4.90 Å². The highest BCUT2D eigenvalue weighted by Gasteiger charge is 2.25. The Morgan fingerprint density at radius 3 is 1.86 bits per heavy atom. The van der Waals surface area contributed by atoms with Gasteiger partial charge >= 0.3 is 7.82 Å². The Bertz CT molecular complexity index is 568. The Hall–Kier alpha value is -0.260. The Kier molecular flexibility index (Phi) is 21.3. The lowest BCUT2D eigenvalue weighted by Crippen LogP contribution is -3.10. The quantitative estimate of drug-likeness (QED) is 0.0922. The molecule has 0 aromatic heterocycles. The van der Waals surface area contributed by atoms with Gasteiger partial charge in [0.15, 0.2) is 0 Å². The third-order valence-electron chi connectivity index (χ3n) is 7.51. The zero-order valence-corrected chi connectivity index (χ0v) is 24.7. The molecule has 2 atom stereocenters. The van der Waals surface area contributed by atoms with Gasteiger partial charge in [0, 0.05) is 25.7 Å². The molecule has 1 saturated heterocycles. The summed E-state index contributed by atoms with van der Waals surface area (Å²) in [5, 5.41) is 0. The number of unbranched alkanes of at least 4 members (excludes halogenated alkanes) is 13. The molecule has 7 heteroatoms. The Morgan fingerprint density at radius 2 is 1.33 bits per heavy atom. The number of phosphoric ester groups is 1. The number of hydrogen-bond donors (Lipinski definition) is 2. The summed E-state index contributed by atoms with van der Waals surface area (Å²) in [5.74, 6) is 0.220. The van der Waals surface area contributed by atoms with Crippen molar-refractivity contribution in [3.8, 4) is 0 Å². The highest BCUT2D eigenvalue weighted by molar-refractivity contribution is 7.47. The summed E-state index contributed by atoms with van der Waals surface area (Å²) in [7, 11) is -4.06. The van der Waals surface area contributed by atoms with Crippen LogP contribution in [0.15, 0.2) is 0 Å². The van der Waals surface area contributed by atoms with Crippen LogP contribution in [0.5, 0.6) is 0 Å². The van der Waals surface area contributed by atoms with Crippen LogP contribution >= 0.6 is 7.82 Å². The van der Waals surface area contributed by atoms with E-state index in [0.29, 0.717) is 12.8 Å². The normalized spacial score (nSPS) is 16.9. The Balaban J connectivity index is 2.14. The molecular formula is C29H59NO5P+. The molecule has 0 radical (unpaired) electrons. The van der Waals surface area contributed by atoms with Crippen LogP contribution in [-0.2, 0) is 18.4 Å². The van der Waals surface area contributed by atoms with E-state index >= 15 is 0 Å². The van der Waals surface area contributed by atoms with Crippen molar-refractivity contribution in [2.75, 3.05) is 32.8 Å². The molecule has 2 unspecified atom stereocenters. The third kappa shape index (κ3) is 19.8. The van der Waals surface area contributed by atoms with Gasteiger partial charge in [0.25, 0.3) is 0 Å². The number of carbonyl (C=O) groups excluding carboxylic acids is 1. The lowest BCUT2D eigenvalue weighted by atomic mass is 9.94. The predicted molar refractivity (Wildman–Crippen MR) is 149 cm³/mol. The van der Waals surface area contributed by atoms with Gasteiger partial charge in [0.1, 0.15) is 18.9 Å². The first-order valence-electron chi connectivity index (χ1n) is 15.4. The number of quaternary nitrogens is 1. The van der Waals surface area contributed by atoms with E-state index in [1.807, 2.05) is 6.92 Å². The Labute approximate surface area is 222 Å². The standard InChI is InChI=1S/C29H58NO5P/c1-3-5-6-7-8-9-10-11-12-13-14-15-16-17-21-28(26-29(31)20-4-2)27-35-36(32,33)34-25-24-30-22-18-19-23-30/h28H,3-27H2,1-2H3,(H,32,33)/p+1. The van der Waals surface area contributed by atoms with Crippen molar-refractivity contribution in [1.29, 1.82) is 0 Å². The molecule has 2 N–H and O–H groups in total. The van der Waals surface area contributed by atoms with Crippen LogP contribution in [0.1, 0.15) is 142 Å². The van der Waals surface area contributed by atoms with Gasteiger partial charge in [-0.25, -0.2) is 4.57 Å². The number of carbonyl (C=O) groups is 1. The van der Waals surface area contributed by atoms with Crippen molar-refractivity contribution < 1.29 is 28.2 Å². The summed E-state index contributed by atoms with van der Waals surface area (Å²) in [6.45, 7) is 7.60. The van der Waals surface area contributed by atoms with Crippen molar-refractivity contribution in [1.82, 2.24) is 0 Å². The Morgan fingerprint density at radius 1 is 0.806 bits per heavy atom. The maximum Gasteiger partial charge on any atom is 0.472 e. The molecule has 1 heterocycles. The van der Waals surface area contributed by atoms with Crippen LogP contribution in [0.2, 0.25) is 0 Å². The van der Waals surface area contributed by atoms with Crippen LogP contribution in [0.25, 0.3) is 0 Å². The average Bonchev–Trinajstić information content (AvgIpc) is 3.36. The summed E-state index contributed by atoms with van der Waals surface area (Å²) >= 11 is 0. The number of rotatable bonds is 26. The highest BCUT2D eigenvalue weighted by Crippen LogP contribution is 2.43. The second-order valence-electron chi connectivity index (χ2n) is 11.0. The van der Waals surface area contributed by atoms with Crippen molar-refractivity contribution in [2.24, 2.45) is 5.92 Å². The van der Waals surface area contributed by atoms with Crippen molar-refractivity contribution >= 4 is 13.6 Å². The first-order chi connectivity index (χ1) is 17.5. The van der Waals surface area contributed by atoms with Gasteiger partial charge in [-0.15, -0.1) is 0 Å². The number of phosphoric acid groups is 1. The van der Waals surface area contributed by atoms with Crippen LogP contribution in [0.3, 0.4) is 0 Å². The smallest absolute Gasteiger partial charge is 0.333 e. The van der Waals surface area contributed by atoms with E-state index in [-0.39, 0.29) is 24.9 Å². The molecule has 214 valence electrons. The fourth-order valence-electron chi connectivity index (χ4n) is 5.24. The molecule has 0 aromatic carbocycles. The molecule has 0 bridgehead atoms. The number of Topliss-reactive ketones (excluding diaryl/α,β-unsaturated/α-hetero) is 1. The van der Waals surface area contributed by atoms with E-state index in [1.54, 1.807) is 0 Å². The number of ketones is 1. The maximum atomic E-state index is 12.3. The number of nitrogens with one attached hydrogen (secondary N) is 1. The van der Waals surface area contributed by atoms with Gasteiger partial charge in [-0.3, -0.25) is 13.8 Å². The largest absolute Gasteiger partial charge is 0.472 e. The van der Waals surface area contributed by atoms with E-state index < -0.39 is 7.82 Å². The molecule has 1 fully saturated rings. The van der Waals surface area contributed by atoms with Gasteiger partial charge in [-0.05, 0) is 18.8 Å². The van der Waals surface area contributed by atoms with Gasteiger partial charge in [0.05, 0.1) is 19.7 Å². The van der Waals surface area contributed by atoms with E-state index in [9.17, 15) is 14.3 Å². The minimum Gasteiger partial charge on any atom is -0.333 e. The van der Waals surface area contributed by atoms with E-state index in [1.165, 1.54) is 94.8 Å². The lowest BCUT2D eigenvalue weighted by Gasteiger charge is -2.19. The maximum absolute atomic E-state index is 12.3. The van der Waals surface area contributed by atoms with Crippen LogP contribution in [0, 0.1) is 5.92 Å². The summed E-state index contributed by atoms with van der Waals surface area (Å²) in [6, 6.07) is 0. The molecule has 0 aliphatic carbocycles. The average molecular weight is 533 g/mol. The van der Waals surface area contributed by atoms with Gasteiger partial charge in [-0.1, -0.05) is 104 Å². The molecule has 1 rings (SSSR count). The summed E-state index contributed by atoms with van der Waals surface area (Å²) in [4.78, 5) is 23.7. The minimum absolute atomic E-state index is 0.00495. The second-order valence-corrected chi connectivity index (χ2v) is 12.5. The predicted octanol–water partition coefficient (Wildman–Crippen LogP) is 7.05. The van der Waals surface area contributed by atoms with Crippen molar-refractivity contribution in [2.45, 2.75) is 142 Å². The van der Waals surface area contributed by atoms with Crippen LogP contribution in [0.4, 0.5) is 0 Å². The van der Waals surface area contributed by atoms with Crippen molar-refractivity contribution in [3.05, 3.63) is 0 Å². The summed E-state index contributed by atoms with van der Waals surface area (Å²) in [5.41, 5.74) is 0. The molecule has 1 aliphatic rings. The van der Waals surface area contributed by atoms with E-state index in [2.05, 4.69) is 6.92 Å². The fraction of sp³-hybridized carbons (Fsp3) is 0.966. The monoisotopic (exact) mass is 532 g/mol. The summed E-state index contributed by atoms with van der Waals surface area (Å²) < 4.78 is 22.9. The van der Waals surface area contributed by atoms with Gasteiger partial charge in [0.2, 0.25) is 0 Å². The summed E-state index contributed by atoms with van der Waals surface area (Å²) in [6.07, 6.45) is 23.6. The topological polar surface area (TPSA) is 77.3 Å². The van der Waals surface area contributed by atoms with Gasteiger partial charge < -0.3 is 9.79 Å².